The van der Waals surface area contributed by atoms with Crippen LogP contribution in [0.15, 0.2) is 41.8 Å². The molecule has 0 aliphatic heterocycles. The molecular formula is C12H9NO4S2. The molecule has 2 aromatic rings. The third kappa shape index (κ3) is 2.90. The fourth-order valence-electron chi connectivity index (χ4n) is 1.58. The quantitative estimate of drug-likeness (QED) is 0.387. The predicted octanol–water partition coefficient (Wildman–Crippen LogP) is 1.32. The highest BCUT2D eigenvalue weighted by atomic mass is 32.2. The molecule has 98 valence electrons. The molecule has 0 unspecified atom stereocenters. The van der Waals surface area contributed by atoms with Crippen molar-refractivity contribution < 1.29 is 18.4 Å². The Kier molecular flexibility index (Phi) is 4.10. The Morgan fingerprint density at radius 2 is 1.84 bits per heavy atom. The molecule has 0 radical (unpaired) electrons. The lowest BCUT2D eigenvalue weighted by Crippen LogP contribution is -2.29. The summed E-state index contributed by atoms with van der Waals surface area (Å²) in [4.78, 5) is 11.8. The third-order valence-electron chi connectivity index (χ3n) is 2.43. The van der Waals surface area contributed by atoms with Gasteiger partial charge in [-0.05, 0) is 17.0 Å². The summed E-state index contributed by atoms with van der Waals surface area (Å²) in [6, 6.07) is 10.3. The van der Waals surface area contributed by atoms with Gasteiger partial charge in [-0.3, -0.25) is 10.0 Å². The lowest BCUT2D eigenvalue weighted by molar-refractivity contribution is -0.122. The van der Waals surface area contributed by atoms with Gasteiger partial charge in [-0.1, -0.05) is 30.3 Å². The molecule has 0 aliphatic rings. The molecule has 2 N–H and O–H groups in total. The second-order valence-corrected chi connectivity index (χ2v) is 5.38. The number of hydrogen-bond acceptors (Lipinski definition) is 5. The number of carbonyl (C=O) groups is 1. The highest BCUT2D eigenvalue weighted by Gasteiger charge is 2.15. The number of carbonyl (C=O) groups excluding carboxylic acids is 1. The summed E-state index contributed by atoms with van der Waals surface area (Å²) in [5.41, 5.74) is 2.47. The molecule has 0 atom stereocenters. The highest BCUT2D eigenvalue weighted by Crippen LogP contribution is 2.24. The average molecular weight is 295 g/mol. The summed E-state index contributed by atoms with van der Waals surface area (Å²) in [6.45, 7) is 0. The first-order valence-corrected chi connectivity index (χ1v) is 7.14. The van der Waals surface area contributed by atoms with Crippen LogP contribution in [0.3, 0.4) is 0 Å². The molecule has 1 heterocycles. The van der Waals surface area contributed by atoms with E-state index < -0.39 is 21.1 Å². The van der Waals surface area contributed by atoms with Crippen LogP contribution in [-0.2, 0) is 15.1 Å². The number of thiophene rings is 1. The van der Waals surface area contributed by atoms with E-state index in [0.717, 1.165) is 10.4 Å². The number of hydrogen-bond donors (Lipinski definition) is 2. The zero-order valence-corrected chi connectivity index (χ0v) is 11.2. The van der Waals surface area contributed by atoms with E-state index in [9.17, 15) is 13.2 Å². The summed E-state index contributed by atoms with van der Waals surface area (Å²) in [5.74, 6) is -1.06. The molecule has 7 heteroatoms. The van der Waals surface area contributed by atoms with Crippen molar-refractivity contribution >= 4 is 32.4 Å². The van der Waals surface area contributed by atoms with Crippen molar-refractivity contribution in [3.8, 4) is 10.4 Å². The van der Waals surface area contributed by atoms with E-state index in [0.29, 0.717) is 0 Å². The van der Waals surface area contributed by atoms with Crippen LogP contribution in [0.5, 0.6) is 0 Å². The number of hydroxylamine groups is 1. The minimum Gasteiger partial charge on any atom is -0.288 e. The van der Waals surface area contributed by atoms with E-state index in [4.69, 9.17) is 5.21 Å². The zero-order valence-electron chi connectivity index (χ0n) is 9.53. The standard InChI is InChI=1S/C12H9NO4S2/c14-12(13-15)11(19(16)17)9-5-3-8(4-6-9)10-2-1-7-18-10/h1-7,15H,(H,13,14). The van der Waals surface area contributed by atoms with Crippen molar-refractivity contribution in [2.45, 2.75) is 0 Å². The molecule has 0 bridgehead atoms. The molecule has 2 rings (SSSR count). The normalized spacial score (nSPS) is 9.95. The molecule has 0 aliphatic carbocycles. The van der Waals surface area contributed by atoms with E-state index in [1.165, 1.54) is 17.6 Å². The van der Waals surface area contributed by atoms with Crippen molar-refractivity contribution in [3.63, 3.8) is 0 Å². The van der Waals surface area contributed by atoms with E-state index >= 15 is 0 Å². The van der Waals surface area contributed by atoms with Crippen LogP contribution in [0.25, 0.3) is 10.4 Å². The van der Waals surface area contributed by atoms with Gasteiger partial charge in [-0.2, -0.15) is 8.42 Å². The van der Waals surface area contributed by atoms with Crippen molar-refractivity contribution in [1.29, 1.82) is 0 Å². The van der Waals surface area contributed by atoms with Crippen LogP contribution in [0.1, 0.15) is 5.56 Å². The first-order valence-electron chi connectivity index (χ1n) is 5.18. The second kappa shape index (κ2) is 5.79. The second-order valence-electron chi connectivity index (χ2n) is 3.56. The Bertz CT molecular complexity index is 708. The third-order valence-corrected chi connectivity index (χ3v) is 4.10. The molecule has 0 saturated heterocycles. The van der Waals surface area contributed by atoms with Gasteiger partial charge < -0.3 is 0 Å². The Hall–Kier alpha value is -1.96. The minimum absolute atomic E-state index is 0.222. The number of benzene rings is 1. The van der Waals surface area contributed by atoms with Gasteiger partial charge in [0.15, 0.2) is 4.86 Å². The van der Waals surface area contributed by atoms with Crippen LogP contribution in [0.2, 0.25) is 0 Å². The number of rotatable bonds is 3. The maximum atomic E-state index is 11.3. The molecule has 0 saturated carbocycles. The van der Waals surface area contributed by atoms with Crippen molar-refractivity contribution in [3.05, 3.63) is 47.3 Å². The SMILES string of the molecule is O=C(NO)C(c1ccc(-c2cccs2)cc1)=S(=O)=O. The Balaban J connectivity index is 2.43. The topological polar surface area (TPSA) is 83.5 Å². The van der Waals surface area contributed by atoms with Gasteiger partial charge in [0.25, 0.3) is 5.91 Å². The van der Waals surface area contributed by atoms with Gasteiger partial charge in [0, 0.05) is 10.4 Å². The van der Waals surface area contributed by atoms with Gasteiger partial charge in [-0.25, -0.2) is 5.48 Å². The van der Waals surface area contributed by atoms with E-state index in [-0.39, 0.29) is 5.56 Å². The fourth-order valence-corrected chi connectivity index (χ4v) is 2.84. The van der Waals surface area contributed by atoms with Crippen LogP contribution >= 0.6 is 11.3 Å². The molecule has 1 aromatic heterocycles. The zero-order chi connectivity index (χ0) is 13.8. The maximum Gasteiger partial charge on any atom is 0.290 e. The Morgan fingerprint density at radius 3 is 2.32 bits per heavy atom. The van der Waals surface area contributed by atoms with Crippen LogP contribution in [0, 0.1) is 0 Å². The van der Waals surface area contributed by atoms with E-state index in [1.807, 2.05) is 17.5 Å². The van der Waals surface area contributed by atoms with Gasteiger partial charge in [0.05, 0.1) is 0 Å². The Labute approximate surface area is 114 Å². The van der Waals surface area contributed by atoms with Crippen LogP contribution in [0.4, 0.5) is 0 Å². The van der Waals surface area contributed by atoms with Crippen molar-refractivity contribution in [2.24, 2.45) is 0 Å². The highest BCUT2D eigenvalue weighted by molar-refractivity contribution is 7.75. The van der Waals surface area contributed by atoms with Crippen LogP contribution < -0.4 is 5.48 Å². The summed E-state index contributed by atoms with van der Waals surface area (Å²) in [5, 5.41) is 10.5. The summed E-state index contributed by atoms with van der Waals surface area (Å²) >= 11 is 1.56. The molecular weight excluding hydrogens is 286 g/mol. The summed E-state index contributed by atoms with van der Waals surface area (Å²) in [7, 11) is -2.73. The number of nitrogens with one attached hydrogen (secondary N) is 1. The lowest BCUT2D eigenvalue weighted by Gasteiger charge is -2.02. The molecule has 19 heavy (non-hydrogen) atoms. The van der Waals surface area contributed by atoms with E-state index in [2.05, 4.69) is 0 Å². The first kappa shape index (κ1) is 13.5. The molecule has 1 amide bonds. The average Bonchev–Trinajstić information content (AvgIpc) is 2.93. The van der Waals surface area contributed by atoms with Gasteiger partial charge in [0.1, 0.15) is 0 Å². The predicted molar refractivity (Wildman–Crippen MR) is 72.7 cm³/mol. The first-order chi connectivity index (χ1) is 9.13. The summed E-state index contributed by atoms with van der Waals surface area (Å²) < 4.78 is 22.0. The van der Waals surface area contributed by atoms with Crippen LogP contribution in [-0.4, -0.2) is 24.4 Å². The molecule has 0 spiro atoms. The molecule has 5 nitrogen and oxygen atoms in total. The molecule has 0 fully saturated rings. The fraction of sp³-hybridized carbons (Fsp3) is 0. The lowest BCUT2D eigenvalue weighted by atomic mass is 10.1. The van der Waals surface area contributed by atoms with Crippen molar-refractivity contribution in [1.82, 2.24) is 5.48 Å². The summed E-state index contributed by atoms with van der Waals surface area (Å²) in [6.07, 6.45) is 0. The smallest absolute Gasteiger partial charge is 0.288 e. The van der Waals surface area contributed by atoms with Gasteiger partial charge >= 0.3 is 0 Å². The van der Waals surface area contributed by atoms with Crippen molar-refractivity contribution in [2.75, 3.05) is 0 Å². The number of amides is 1. The monoisotopic (exact) mass is 295 g/mol. The largest absolute Gasteiger partial charge is 0.290 e. The van der Waals surface area contributed by atoms with Gasteiger partial charge in [-0.15, -0.1) is 11.3 Å². The minimum atomic E-state index is -2.73. The van der Waals surface area contributed by atoms with Gasteiger partial charge in [0.2, 0.25) is 10.3 Å². The Morgan fingerprint density at radius 1 is 1.16 bits per heavy atom. The van der Waals surface area contributed by atoms with E-state index in [1.54, 1.807) is 23.5 Å². The molecule has 1 aromatic carbocycles. The maximum absolute atomic E-state index is 11.3.